The molecule has 1 N–H and O–H groups in total. The highest BCUT2D eigenvalue weighted by atomic mass is 79.9. The summed E-state index contributed by atoms with van der Waals surface area (Å²) in [6.45, 7) is 0.279. The van der Waals surface area contributed by atoms with Crippen LogP contribution in [0.5, 0.6) is 0 Å². The minimum Gasteiger partial charge on any atom is -0.359 e. The normalized spacial score (nSPS) is 10.0. The van der Waals surface area contributed by atoms with Crippen molar-refractivity contribution in [1.29, 1.82) is 0 Å². The summed E-state index contributed by atoms with van der Waals surface area (Å²) in [7, 11) is 3.11. The Morgan fingerprint density at radius 2 is 2.11 bits per heavy atom. The van der Waals surface area contributed by atoms with E-state index >= 15 is 0 Å². The summed E-state index contributed by atoms with van der Waals surface area (Å²) in [6, 6.07) is 3.92. The molecule has 98 valence electrons. The van der Waals surface area contributed by atoms with Crippen LogP contribution in [-0.4, -0.2) is 37.4 Å². The van der Waals surface area contributed by atoms with E-state index in [1.54, 1.807) is 7.05 Å². The SMILES string of the molecule is CNC(=O)CCN(C)C(=O)c1cc(F)ccc1Br. The molecule has 0 atom stereocenters. The number of carbonyl (C=O) groups excluding carboxylic acids is 2. The molecule has 1 aromatic rings. The fourth-order valence-electron chi connectivity index (χ4n) is 1.36. The van der Waals surface area contributed by atoms with Crippen molar-refractivity contribution in [2.45, 2.75) is 6.42 Å². The lowest BCUT2D eigenvalue weighted by Crippen LogP contribution is -2.31. The third-order valence-electron chi connectivity index (χ3n) is 2.46. The number of halogens is 2. The average Bonchev–Trinajstić information content (AvgIpc) is 2.37. The molecular weight excluding hydrogens is 303 g/mol. The first-order valence-electron chi connectivity index (χ1n) is 5.36. The number of nitrogens with zero attached hydrogens (tertiary/aromatic N) is 1. The number of benzene rings is 1. The monoisotopic (exact) mass is 316 g/mol. The number of hydrogen-bond donors (Lipinski definition) is 1. The van der Waals surface area contributed by atoms with Crippen LogP contribution in [0.2, 0.25) is 0 Å². The van der Waals surface area contributed by atoms with Crippen molar-refractivity contribution in [3.05, 3.63) is 34.1 Å². The van der Waals surface area contributed by atoms with Crippen molar-refractivity contribution in [1.82, 2.24) is 10.2 Å². The van der Waals surface area contributed by atoms with E-state index in [9.17, 15) is 14.0 Å². The van der Waals surface area contributed by atoms with E-state index in [1.165, 1.54) is 30.1 Å². The predicted molar refractivity (Wildman–Crippen MR) is 69.7 cm³/mol. The summed E-state index contributed by atoms with van der Waals surface area (Å²) in [5, 5.41) is 2.47. The van der Waals surface area contributed by atoms with Crippen molar-refractivity contribution in [2.75, 3.05) is 20.6 Å². The second-order valence-corrected chi connectivity index (χ2v) is 4.63. The Hall–Kier alpha value is -1.43. The van der Waals surface area contributed by atoms with E-state index in [1.807, 2.05) is 0 Å². The molecule has 4 nitrogen and oxygen atoms in total. The summed E-state index contributed by atoms with van der Waals surface area (Å²) in [5.41, 5.74) is 0.245. The van der Waals surface area contributed by atoms with Crippen LogP contribution in [-0.2, 0) is 4.79 Å². The standard InChI is InChI=1S/C12H14BrFN2O2/c1-15-11(17)5-6-16(2)12(18)9-7-8(14)3-4-10(9)13/h3-4,7H,5-6H2,1-2H3,(H,15,17). The molecule has 0 fully saturated rings. The molecule has 0 radical (unpaired) electrons. The summed E-state index contributed by atoms with van der Waals surface area (Å²) in [6.07, 6.45) is 0.214. The van der Waals surface area contributed by atoms with Gasteiger partial charge in [0.2, 0.25) is 5.91 Å². The molecule has 0 unspecified atom stereocenters. The molecule has 0 spiro atoms. The lowest BCUT2D eigenvalue weighted by molar-refractivity contribution is -0.120. The van der Waals surface area contributed by atoms with Crippen molar-refractivity contribution >= 4 is 27.7 Å². The predicted octanol–water partition coefficient (Wildman–Crippen LogP) is 1.80. The molecule has 0 aliphatic rings. The zero-order valence-corrected chi connectivity index (χ0v) is 11.8. The van der Waals surface area contributed by atoms with Crippen molar-refractivity contribution < 1.29 is 14.0 Å². The quantitative estimate of drug-likeness (QED) is 0.920. The van der Waals surface area contributed by atoms with Gasteiger partial charge in [0.1, 0.15) is 5.82 Å². The zero-order valence-electron chi connectivity index (χ0n) is 10.2. The molecule has 6 heteroatoms. The molecule has 0 saturated carbocycles. The first-order chi connectivity index (χ1) is 8.45. The molecule has 0 aromatic heterocycles. The molecular formula is C12H14BrFN2O2. The lowest BCUT2D eigenvalue weighted by Gasteiger charge is -2.17. The van der Waals surface area contributed by atoms with E-state index < -0.39 is 5.82 Å². The molecule has 2 amide bonds. The Balaban J connectivity index is 2.74. The van der Waals surface area contributed by atoms with Gasteiger partial charge in [0, 0.05) is 31.5 Å². The van der Waals surface area contributed by atoms with E-state index in [-0.39, 0.29) is 30.3 Å². The Morgan fingerprint density at radius 1 is 1.44 bits per heavy atom. The second kappa shape index (κ2) is 6.49. The van der Waals surface area contributed by atoms with Crippen LogP contribution in [0, 0.1) is 5.82 Å². The molecule has 0 bridgehead atoms. The van der Waals surface area contributed by atoms with Gasteiger partial charge in [-0.15, -0.1) is 0 Å². The maximum Gasteiger partial charge on any atom is 0.254 e. The number of carbonyl (C=O) groups is 2. The molecule has 1 aromatic carbocycles. The number of nitrogens with one attached hydrogen (secondary N) is 1. The number of hydrogen-bond acceptors (Lipinski definition) is 2. The van der Waals surface area contributed by atoms with Crippen LogP contribution in [0.25, 0.3) is 0 Å². The molecule has 0 heterocycles. The maximum absolute atomic E-state index is 13.1. The third kappa shape index (κ3) is 3.80. The number of rotatable bonds is 4. The minimum absolute atomic E-state index is 0.145. The van der Waals surface area contributed by atoms with Gasteiger partial charge in [-0.25, -0.2) is 4.39 Å². The fourth-order valence-corrected chi connectivity index (χ4v) is 1.78. The van der Waals surface area contributed by atoms with Crippen molar-refractivity contribution in [3.63, 3.8) is 0 Å². The van der Waals surface area contributed by atoms with Gasteiger partial charge in [-0.2, -0.15) is 0 Å². The molecule has 1 rings (SSSR count). The van der Waals surface area contributed by atoms with Crippen molar-refractivity contribution in [2.24, 2.45) is 0 Å². The van der Waals surface area contributed by atoms with Gasteiger partial charge < -0.3 is 10.2 Å². The Kier molecular flexibility index (Phi) is 5.27. The van der Waals surface area contributed by atoms with E-state index in [4.69, 9.17) is 0 Å². The van der Waals surface area contributed by atoms with E-state index in [0.29, 0.717) is 4.47 Å². The molecule has 0 aliphatic heterocycles. The first kappa shape index (κ1) is 14.6. The van der Waals surface area contributed by atoms with Crippen molar-refractivity contribution in [3.8, 4) is 0 Å². The van der Waals surface area contributed by atoms with Gasteiger partial charge in [-0.1, -0.05) is 0 Å². The zero-order chi connectivity index (χ0) is 13.7. The summed E-state index contributed by atoms with van der Waals surface area (Å²) >= 11 is 3.20. The molecule has 0 saturated heterocycles. The van der Waals surface area contributed by atoms with Crippen LogP contribution < -0.4 is 5.32 Å². The maximum atomic E-state index is 13.1. The van der Waals surface area contributed by atoms with Gasteiger partial charge in [0.25, 0.3) is 5.91 Å². The van der Waals surface area contributed by atoms with E-state index in [2.05, 4.69) is 21.2 Å². The highest BCUT2D eigenvalue weighted by molar-refractivity contribution is 9.10. The topological polar surface area (TPSA) is 49.4 Å². The number of amides is 2. The Morgan fingerprint density at radius 3 is 2.72 bits per heavy atom. The fraction of sp³-hybridized carbons (Fsp3) is 0.333. The smallest absolute Gasteiger partial charge is 0.254 e. The summed E-state index contributed by atoms with van der Waals surface area (Å²) in [5.74, 6) is -0.945. The third-order valence-corrected chi connectivity index (χ3v) is 3.15. The van der Waals surface area contributed by atoms with E-state index in [0.717, 1.165) is 0 Å². The second-order valence-electron chi connectivity index (χ2n) is 3.77. The van der Waals surface area contributed by atoms with Crippen LogP contribution in [0.1, 0.15) is 16.8 Å². The minimum atomic E-state index is -0.471. The van der Waals surface area contributed by atoms with Crippen LogP contribution in [0.15, 0.2) is 22.7 Å². The first-order valence-corrected chi connectivity index (χ1v) is 6.16. The Labute approximate surface area is 113 Å². The van der Waals surface area contributed by atoms with Crippen LogP contribution in [0.4, 0.5) is 4.39 Å². The molecule has 0 aliphatic carbocycles. The lowest BCUT2D eigenvalue weighted by atomic mass is 10.2. The average molecular weight is 317 g/mol. The van der Waals surface area contributed by atoms with Crippen LogP contribution in [0.3, 0.4) is 0 Å². The van der Waals surface area contributed by atoms with Gasteiger partial charge >= 0.3 is 0 Å². The van der Waals surface area contributed by atoms with Gasteiger partial charge in [-0.3, -0.25) is 9.59 Å². The molecule has 18 heavy (non-hydrogen) atoms. The van der Waals surface area contributed by atoms with Gasteiger partial charge in [0.15, 0.2) is 0 Å². The highest BCUT2D eigenvalue weighted by Gasteiger charge is 2.16. The Bertz CT molecular complexity index is 465. The van der Waals surface area contributed by atoms with Gasteiger partial charge in [0.05, 0.1) is 5.56 Å². The van der Waals surface area contributed by atoms with Crippen LogP contribution >= 0.6 is 15.9 Å². The summed E-state index contributed by atoms with van der Waals surface area (Å²) < 4.78 is 13.6. The largest absolute Gasteiger partial charge is 0.359 e. The highest BCUT2D eigenvalue weighted by Crippen LogP contribution is 2.19. The van der Waals surface area contributed by atoms with Gasteiger partial charge in [-0.05, 0) is 34.1 Å². The summed E-state index contributed by atoms with van der Waals surface area (Å²) in [4.78, 5) is 24.5.